The molecule has 0 saturated carbocycles. The van der Waals surface area contributed by atoms with Crippen molar-refractivity contribution in [2.45, 2.75) is 17.7 Å². The summed E-state index contributed by atoms with van der Waals surface area (Å²) in [5.41, 5.74) is 1.95. The van der Waals surface area contributed by atoms with Gasteiger partial charge in [0.2, 0.25) is 11.4 Å². The van der Waals surface area contributed by atoms with Gasteiger partial charge in [-0.25, -0.2) is 16.8 Å². The Balaban J connectivity index is 0.00000306. The van der Waals surface area contributed by atoms with Crippen molar-refractivity contribution in [3.8, 4) is 0 Å². The van der Waals surface area contributed by atoms with Gasteiger partial charge in [0.15, 0.2) is 10.1 Å². The molecule has 168 valence electrons. The molecule has 2 heterocycles. The molecule has 0 unspecified atom stereocenters. The number of anilines is 1. The molecule has 0 aliphatic carbocycles. The standard InChI is InChI=1S/C20H18N2O6S4.Na/c1-14(10-19-21(12-31(23,24)25)15-6-2-4-8-17(15)29-19)11-20-22(13-32(26,27)28)16-7-3-5-9-18(16)30-20;/h2-11H,12-13H2,1H3,(H-,23,24,25,26,27,28);/q;+1/p-1. The van der Waals surface area contributed by atoms with Gasteiger partial charge in [0.05, 0.1) is 10.7 Å². The summed E-state index contributed by atoms with van der Waals surface area (Å²) in [6.07, 6.45) is 3.46. The molecule has 0 fully saturated rings. The minimum Gasteiger partial charge on any atom is -0.747 e. The zero-order valence-electron chi connectivity index (χ0n) is 17.7. The second-order valence-corrected chi connectivity index (χ2v) is 11.9. The Morgan fingerprint density at radius 2 is 1.70 bits per heavy atom. The van der Waals surface area contributed by atoms with E-state index in [1.165, 1.54) is 32.6 Å². The Labute approximate surface area is 222 Å². The summed E-state index contributed by atoms with van der Waals surface area (Å²) in [6.45, 7) is 1.78. The van der Waals surface area contributed by atoms with Crippen LogP contribution in [0.1, 0.15) is 11.9 Å². The molecule has 0 saturated heterocycles. The summed E-state index contributed by atoms with van der Waals surface area (Å²) in [6, 6.07) is 14.3. The topological polar surface area (TPSA) is 122 Å². The molecule has 0 atom stereocenters. The summed E-state index contributed by atoms with van der Waals surface area (Å²) >= 11 is 2.67. The van der Waals surface area contributed by atoms with Crippen LogP contribution in [0.4, 0.5) is 5.69 Å². The van der Waals surface area contributed by atoms with Crippen molar-refractivity contribution in [1.29, 1.82) is 0 Å². The fourth-order valence-electron chi connectivity index (χ4n) is 3.33. The normalized spacial score (nSPS) is 15.7. The second kappa shape index (κ2) is 10.2. The first-order valence-electron chi connectivity index (χ1n) is 9.23. The fourth-order valence-corrected chi connectivity index (χ4v) is 7.03. The first-order chi connectivity index (χ1) is 15.0. The van der Waals surface area contributed by atoms with Gasteiger partial charge in [-0.1, -0.05) is 47.4 Å². The van der Waals surface area contributed by atoms with Crippen molar-refractivity contribution in [3.63, 3.8) is 0 Å². The molecular formula is C20H17N2NaO6S4. The van der Waals surface area contributed by atoms with E-state index in [9.17, 15) is 25.9 Å². The number of para-hydroxylation sites is 2. The fraction of sp³-hybridized carbons (Fsp3) is 0.150. The van der Waals surface area contributed by atoms with Crippen LogP contribution in [0.15, 0.2) is 70.1 Å². The maximum absolute atomic E-state index is 11.5. The van der Waals surface area contributed by atoms with Crippen LogP contribution in [0.25, 0.3) is 16.3 Å². The predicted octanol–water partition coefficient (Wildman–Crippen LogP) is 0.0552. The Kier molecular flexibility index (Phi) is 8.14. The molecular weight excluding hydrogens is 515 g/mol. The minimum absolute atomic E-state index is 0. The van der Waals surface area contributed by atoms with Crippen molar-refractivity contribution >= 4 is 65.3 Å². The molecule has 3 aromatic rings. The number of allylic oxidation sites excluding steroid dienone is 2. The van der Waals surface area contributed by atoms with E-state index in [-0.39, 0.29) is 29.6 Å². The van der Waals surface area contributed by atoms with Crippen molar-refractivity contribution in [3.05, 3.63) is 70.2 Å². The minimum atomic E-state index is -4.52. The number of fused-ring (bicyclic) bond motifs is 2. The Hall–Kier alpha value is -1.22. The quantitative estimate of drug-likeness (QED) is 0.248. The monoisotopic (exact) mass is 532 g/mol. The average Bonchev–Trinajstić information content (AvgIpc) is 3.18. The van der Waals surface area contributed by atoms with Crippen LogP contribution in [0.5, 0.6) is 0 Å². The zero-order valence-corrected chi connectivity index (χ0v) is 22.9. The van der Waals surface area contributed by atoms with E-state index in [0.717, 1.165) is 9.60 Å². The van der Waals surface area contributed by atoms with Crippen LogP contribution in [-0.2, 0) is 26.1 Å². The SMILES string of the molecule is CC(/C=C1\Sc2ccccc2N1CS(=O)(=O)[O-])=C\c1sc2ccccc2[n+]1CS(=O)(=O)[O-].[Na+]. The second-order valence-electron chi connectivity index (χ2n) is 7.08. The predicted molar refractivity (Wildman–Crippen MR) is 123 cm³/mol. The molecule has 1 aromatic heterocycles. The smallest absolute Gasteiger partial charge is 0.747 e. The van der Waals surface area contributed by atoms with Crippen LogP contribution in [0.2, 0.25) is 0 Å². The van der Waals surface area contributed by atoms with Gasteiger partial charge in [-0.2, -0.15) is 4.57 Å². The van der Waals surface area contributed by atoms with Gasteiger partial charge >= 0.3 is 29.6 Å². The number of nitrogens with zero attached hydrogens (tertiary/aromatic N) is 2. The van der Waals surface area contributed by atoms with Crippen molar-refractivity contribution in [2.75, 3.05) is 10.8 Å². The van der Waals surface area contributed by atoms with Gasteiger partial charge < -0.3 is 14.0 Å². The van der Waals surface area contributed by atoms with E-state index in [1.54, 1.807) is 43.3 Å². The van der Waals surface area contributed by atoms with Gasteiger partial charge in [-0.15, -0.1) is 0 Å². The molecule has 1 aliphatic rings. The number of hydrogen-bond donors (Lipinski definition) is 0. The van der Waals surface area contributed by atoms with E-state index >= 15 is 0 Å². The van der Waals surface area contributed by atoms with Crippen LogP contribution in [0, 0.1) is 0 Å². The van der Waals surface area contributed by atoms with Gasteiger partial charge in [0.1, 0.15) is 20.7 Å². The number of thiazole rings is 1. The van der Waals surface area contributed by atoms with Crippen molar-refractivity contribution < 1.29 is 60.1 Å². The maximum Gasteiger partial charge on any atom is 1.00 e. The van der Waals surface area contributed by atoms with Crippen LogP contribution >= 0.6 is 23.1 Å². The number of rotatable bonds is 6. The Morgan fingerprint density at radius 3 is 2.39 bits per heavy atom. The molecule has 0 spiro atoms. The third-order valence-corrected chi connectivity index (χ3v) is 7.92. The number of thioether (sulfide) groups is 1. The van der Waals surface area contributed by atoms with Crippen LogP contribution in [0.3, 0.4) is 0 Å². The Bertz CT molecular complexity index is 1480. The Morgan fingerprint density at radius 1 is 1.03 bits per heavy atom. The van der Waals surface area contributed by atoms with E-state index in [2.05, 4.69) is 0 Å². The number of hydrogen-bond acceptors (Lipinski definition) is 9. The molecule has 2 aromatic carbocycles. The molecule has 0 radical (unpaired) electrons. The molecule has 0 bridgehead atoms. The summed E-state index contributed by atoms with van der Waals surface area (Å²) in [7, 11) is -9.05. The molecule has 33 heavy (non-hydrogen) atoms. The third kappa shape index (κ3) is 6.47. The molecule has 1 aliphatic heterocycles. The van der Waals surface area contributed by atoms with E-state index in [4.69, 9.17) is 0 Å². The van der Waals surface area contributed by atoms with Crippen molar-refractivity contribution in [1.82, 2.24) is 0 Å². The largest absolute Gasteiger partial charge is 1.00 e. The van der Waals surface area contributed by atoms with Crippen LogP contribution in [-0.4, -0.2) is 31.8 Å². The molecule has 0 N–H and O–H groups in total. The summed E-state index contributed by atoms with van der Waals surface area (Å²) in [4.78, 5) is 2.27. The average molecular weight is 533 g/mol. The van der Waals surface area contributed by atoms with E-state index < -0.39 is 32.0 Å². The van der Waals surface area contributed by atoms with E-state index in [1.807, 2.05) is 24.3 Å². The number of aromatic nitrogens is 1. The van der Waals surface area contributed by atoms with Gasteiger partial charge in [-0.3, -0.25) is 0 Å². The van der Waals surface area contributed by atoms with Crippen molar-refractivity contribution in [2.24, 2.45) is 0 Å². The summed E-state index contributed by atoms with van der Waals surface area (Å²) in [5.74, 6) is -1.40. The number of benzene rings is 2. The maximum atomic E-state index is 11.5. The van der Waals surface area contributed by atoms with E-state index in [0.29, 0.717) is 26.8 Å². The summed E-state index contributed by atoms with van der Waals surface area (Å²) < 4.78 is 71.0. The summed E-state index contributed by atoms with van der Waals surface area (Å²) in [5, 5.41) is 1.12. The zero-order chi connectivity index (χ0) is 23.1. The molecule has 4 rings (SSSR count). The van der Waals surface area contributed by atoms with Crippen LogP contribution < -0.4 is 39.0 Å². The van der Waals surface area contributed by atoms with Gasteiger partial charge in [0, 0.05) is 17.0 Å². The first-order valence-corrected chi connectivity index (χ1v) is 14.0. The molecule has 0 amide bonds. The third-order valence-electron chi connectivity index (χ3n) is 4.55. The van der Waals surface area contributed by atoms with Gasteiger partial charge in [0.25, 0.3) is 5.01 Å². The molecule has 8 nitrogen and oxygen atoms in total. The first kappa shape index (κ1) is 26.4. The van der Waals surface area contributed by atoms with Gasteiger partial charge in [-0.05, 0) is 36.8 Å². The molecule has 13 heteroatoms.